The molecular formula is C56H38N2. The number of para-hydroxylation sites is 2. The first kappa shape index (κ1) is 33.6. The Morgan fingerprint density at radius 2 is 0.776 bits per heavy atom. The number of aromatic nitrogens is 1. The van der Waals surface area contributed by atoms with Gasteiger partial charge in [0.1, 0.15) is 0 Å². The van der Waals surface area contributed by atoms with E-state index < -0.39 is 0 Å². The number of benzene rings is 10. The minimum absolute atomic E-state index is 1.09. The Kier molecular flexibility index (Phi) is 8.19. The minimum Gasteiger partial charge on any atom is -0.310 e. The molecule has 1 heterocycles. The van der Waals surface area contributed by atoms with Crippen LogP contribution in [0.4, 0.5) is 17.1 Å². The summed E-state index contributed by atoms with van der Waals surface area (Å²) < 4.78 is 2.42. The second-order valence-electron chi connectivity index (χ2n) is 15.0. The van der Waals surface area contributed by atoms with Gasteiger partial charge >= 0.3 is 0 Å². The van der Waals surface area contributed by atoms with Crippen LogP contribution in [0.15, 0.2) is 231 Å². The third kappa shape index (κ3) is 5.82. The Morgan fingerprint density at radius 3 is 1.47 bits per heavy atom. The molecule has 2 nitrogen and oxygen atoms in total. The van der Waals surface area contributed by atoms with E-state index in [1.807, 2.05) is 0 Å². The molecule has 1 aromatic heterocycles. The fraction of sp³-hybridized carbons (Fsp3) is 0. The summed E-state index contributed by atoms with van der Waals surface area (Å²) >= 11 is 0. The molecule has 0 spiro atoms. The van der Waals surface area contributed by atoms with Crippen LogP contribution >= 0.6 is 0 Å². The van der Waals surface area contributed by atoms with Crippen LogP contribution < -0.4 is 4.90 Å². The highest BCUT2D eigenvalue weighted by molar-refractivity contribution is 6.10. The molecule has 0 radical (unpaired) electrons. The van der Waals surface area contributed by atoms with Gasteiger partial charge in [-0.2, -0.15) is 0 Å². The first-order valence-electron chi connectivity index (χ1n) is 19.9. The number of nitrogens with zero attached hydrogens (tertiary/aromatic N) is 2. The van der Waals surface area contributed by atoms with Crippen molar-refractivity contribution in [1.29, 1.82) is 0 Å². The molecule has 0 fully saturated rings. The number of hydrogen-bond donors (Lipinski definition) is 0. The summed E-state index contributed by atoms with van der Waals surface area (Å²) in [6, 6.07) is 83.7. The fourth-order valence-corrected chi connectivity index (χ4v) is 8.82. The summed E-state index contributed by atoms with van der Waals surface area (Å²) in [5.41, 5.74) is 14.0. The van der Waals surface area contributed by atoms with Crippen molar-refractivity contribution in [2.24, 2.45) is 0 Å². The molecule has 0 atom stereocenters. The zero-order valence-corrected chi connectivity index (χ0v) is 31.8. The Bertz CT molecular complexity index is 3210. The molecule has 0 bridgehead atoms. The zero-order chi connectivity index (χ0) is 38.4. The Labute approximate surface area is 338 Å². The lowest BCUT2D eigenvalue weighted by Crippen LogP contribution is -2.10. The van der Waals surface area contributed by atoms with Crippen LogP contribution in [0.3, 0.4) is 0 Å². The fourth-order valence-electron chi connectivity index (χ4n) is 8.82. The molecule has 10 aromatic carbocycles. The molecule has 2 heteroatoms. The summed E-state index contributed by atoms with van der Waals surface area (Å²) in [6.45, 7) is 0. The Morgan fingerprint density at radius 1 is 0.276 bits per heavy atom. The maximum absolute atomic E-state index is 2.42. The molecule has 0 N–H and O–H groups in total. The lowest BCUT2D eigenvalue weighted by molar-refractivity contribution is 1.19. The number of hydrogen-bond acceptors (Lipinski definition) is 1. The van der Waals surface area contributed by atoms with Crippen molar-refractivity contribution in [2.45, 2.75) is 0 Å². The summed E-state index contributed by atoms with van der Waals surface area (Å²) in [7, 11) is 0. The van der Waals surface area contributed by atoms with Crippen molar-refractivity contribution in [2.75, 3.05) is 4.90 Å². The molecule has 0 amide bonds. The average Bonchev–Trinajstić information content (AvgIpc) is 3.64. The summed E-state index contributed by atoms with van der Waals surface area (Å²) in [5, 5.41) is 7.46. The number of fused-ring (bicyclic) bond motifs is 5. The van der Waals surface area contributed by atoms with E-state index in [0.29, 0.717) is 0 Å². The minimum atomic E-state index is 1.09. The van der Waals surface area contributed by atoms with Crippen LogP contribution in [-0.4, -0.2) is 4.57 Å². The molecule has 0 aliphatic rings. The van der Waals surface area contributed by atoms with E-state index in [9.17, 15) is 0 Å². The first-order valence-corrected chi connectivity index (χ1v) is 19.9. The first-order chi connectivity index (χ1) is 28.8. The van der Waals surface area contributed by atoms with Crippen molar-refractivity contribution in [1.82, 2.24) is 4.57 Å². The average molecular weight is 739 g/mol. The Balaban J connectivity index is 1.07. The molecule has 0 saturated carbocycles. The van der Waals surface area contributed by atoms with Gasteiger partial charge in [-0.25, -0.2) is 0 Å². The molecule has 58 heavy (non-hydrogen) atoms. The largest absolute Gasteiger partial charge is 0.310 e. The monoisotopic (exact) mass is 738 g/mol. The Hall–Kier alpha value is -7.68. The summed E-state index contributed by atoms with van der Waals surface area (Å²) in [5.74, 6) is 0. The van der Waals surface area contributed by atoms with Gasteiger partial charge in [-0.3, -0.25) is 0 Å². The van der Waals surface area contributed by atoms with E-state index in [1.165, 1.54) is 71.2 Å². The topological polar surface area (TPSA) is 8.17 Å². The molecular weight excluding hydrogens is 701 g/mol. The highest BCUT2D eigenvalue weighted by atomic mass is 15.1. The highest BCUT2D eigenvalue weighted by Crippen LogP contribution is 2.41. The second-order valence-corrected chi connectivity index (χ2v) is 15.0. The lowest BCUT2D eigenvalue weighted by atomic mass is 9.96. The zero-order valence-electron chi connectivity index (χ0n) is 31.8. The number of anilines is 3. The highest BCUT2D eigenvalue weighted by Gasteiger charge is 2.18. The third-order valence-electron chi connectivity index (χ3n) is 11.6. The van der Waals surface area contributed by atoms with Gasteiger partial charge in [-0.05, 0) is 116 Å². The van der Waals surface area contributed by atoms with Crippen molar-refractivity contribution >= 4 is 60.4 Å². The van der Waals surface area contributed by atoms with Crippen LogP contribution in [-0.2, 0) is 0 Å². The van der Waals surface area contributed by atoms with Gasteiger partial charge in [0.05, 0.1) is 11.0 Å². The predicted octanol–water partition coefficient (Wildman–Crippen LogP) is 15.6. The third-order valence-corrected chi connectivity index (χ3v) is 11.6. The van der Waals surface area contributed by atoms with E-state index in [-0.39, 0.29) is 0 Å². The normalized spacial score (nSPS) is 11.4. The van der Waals surface area contributed by atoms with Crippen LogP contribution in [0.2, 0.25) is 0 Å². The van der Waals surface area contributed by atoms with Crippen LogP contribution in [0.25, 0.3) is 82.4 Å². The molecule has 11 aromatic rings. The quantitative estimate of drug-likeness (QED) is 0.158. The van der Waals surface area contributed by atoms with Gasteiger partial charge in [0.2, 0.25) is 0 Å². The van der Waals surface area contributed by atoms with Crippen molar-refractivity contribution in [3.63, 3.8) is 0 Å². The van der Waals surface area contributed by atoms with Gasteiger partial charge in [-0.1, -0.05) is 170 Å². The molecule has 272 valence electrons. The van der Waals surface area contributed by atoms with Crippen LogP contribution in [0.5, 0.6) is 0 Å². The van der Waals surface area contributed by atoms with Gasteiger partial charge in [0, 0.05) is 33.5 Å². The molecule has 0 aliphatic heterocycles. The second kappa shape index (κ2) is 14.1. The van der Waals surface area contributed by atoms with Gasteiger partial charge in [0.15, 0.2) is 0 Å². The van der Waals surface area contributed by atoms with Gasteiger partial charge in [-0.15, -0.1) is 0 Å². The van der Waals surface area contributed by atoms with Crippen molar-refractivity contribution in [3.05, 3.63) is 231 Å². The SMILES string of the molecule is c1ccc(-c2ccc(N(c3ccc(-c4cccc5ccccc45)cc3)c3cccc(-c4cc(-n5c6ccccc6c6ccccc65)cc5ccccc45)c3)cc2)cc1. The summed E-state index contributed by atoms with van der Waals surface area (Å²) in [6.07, 6.45) is 0. The van der Waals surface area contributed by atoms with Crippen LogP contribution in [0.1, 0.15) is 0 Å². The summed E-state index contributed by atoms with van der Waals surface area (Å²) in [4.78, 5) is 2.38. The van der Waals surface area contributed by atoms with E-state index in [1.54, 1.807) is 0 Å². The van der Waals surface area contributed by atoms with E-state index >= 15 is 0 Å². The molecule has 0 saturated heterocycles. The molecule has 11 rings (SSSR count). The smallest absolute Gasteiger partial charge is 0.0541 e. The molecule has 0 unspecified atom stereocenters. The maximum atomic E-state index is 2.42. The number of rotatable bonds is 7. The maximum Gasteiger partial charge on any atom is 0.0541 e. The van der Waals surface area contributed by atoms with Crippen LogP contribution in [0, 0.1) is 0 Å². The van der Waals surface area contributed by atoms with E-state index in [4.69, 9.17) is 0 Å². The van der Waals surface area contributed by atoms with Crippen molar-refractivity contribution < 1.29 is 0 Å². The van der Waals surface area contributed by atoms with Gasteiger partial charge in [0.25, 0.3) is 0 Å². The lowest BCUT2D eigenvalue weighted by Gasteiger charge is -2.27. The van der Waals surface area contributed by atoms with E-state index in [2.05, 4.69) is 240 Å². The van der Waals surface area contributed by atoms with Gasteiger partial charge < -0.3 is 9.47 Å². The van der Waals surface area contributed by atoms with E-state index in [0.717, 1.165) is 28.3 Å². The standard InChI is InChI=1S/C56H38N2/c1-2-14-39(15-3-1)40-28-32-45(33-29-40)57(46-34-30-42(31-35-46)50-25-13-18-41-16-4-6-21-49(41)50)47-20-12-19-44(36-47)54-38-48(37-43-17-5-7-22-51(43)54)58-55-26-10-8-23-52(55)53-24-9-11-27-56(53)58/h1-38H. The van der Waals surface area contributed by atoms with Crippen molar-refractivity contribution in [3.8, 4) is 39.1 Å². The molecule has 0 aliphatic carbocycles. The predicted molar refractivity (Wildman–Crippen MR) is 247 cm³/mol.